The van der Waals surface area contributed by atoms with Gasteiger partial charge in [-0.1, -0.05) is 29.3 Å². The Hall–Kier alpha value is -2.97. The summed E-state index contributed by atoms with van der Waals surface area (Å²) in [5.41, 5.74) is 0.146. The minimum atomic E-state index is -0.493. The van der Waals surface area contributed by atoms with E-state index in [1.165, 1.54) is 24.9 Å². The van der Waals surface area contributed by atoms with E-state index in [0.29, 0.717) is 53.5 Å². The quantitative estimate of drug-likeness (QED) is 0.493. The molecule has 0 bridgehead atoms. The summed E-state index contributed by atoms with van der Waals surface area (Å²) in [6.07, 6.45) is 1.96. The number of halogens is 2. The number of nitrogens with zero attached hydrogens (tertiary/aromatic N) is 3. The number of methoxy groups -OCH3 is 2. The van der Waals surface area contributed by atoms with E-state index in [1.807, 2.05) is 0 Å². The lowest BCUT2D eigenvalue weighted by molar-refractivity contribution is -0.119. The number of aromatic nitrogens is 2. The van der Waals surface area contributed by atoms with Crippen molar-refractivity contribution in [1.82, 2.24) is 14.0 Å². The molecule has 1 amide bonds. The van der Waals surface area contributed by atoms with E-state index in [-0.39, 0.29) is 23.0 Å². The normalized spacial score (nSPS) is 14.5. The van der Waals surface area contributed by atoms with Crippen LogP contribution in [0.2, 0.25) is 10.0 Å². The Labute approximate surface area is 199 Å². The first-order valence-corrected chi connectivity index (χ1v) is 11.2. The average molecular weight is 492 g/mol. The SMILES string of the molecule is COc1ccc(Cn2c(=O)c3c(Cl)cc(Cl)cc3n(C3CCN(C=O)CC3)c2=O)cc1OC. The maximum atomic E-state index is 13.7. The Morgan fingerprint density at radius 1 is 1.03 bits per heavy atom. The molecular formula is C23H23Cl2N3O5. The number of rotatable bonds is 6. The molecule has 33 heavy (non-hydrogen) atoms. The van der Waals surface area contributed by atoms with E-state index >= 15 is 0 Å². The highest BCUT2D eigenvalue weighted by molar-refractivity contribution is 6.38. The fraction of sp³-hybridized carbons (Fsp3) is 0.348. The molecule has 3 aromatic rings. The predicted octanol–water partition coefficient (Wildman–Crippen LogP) is 3.33. The molecule has 0 unspecified atom stereocenters. The number of benzene rings is 2. The van der Waals surface area contributed by atoms with Crippen LogP contribution in [0, 0.1) is 0 Å². The molecule has 1 aromatic heterocycles. The fourth-order valence-electron chi connectivity index (χ4n) is 4.32. The first-order chi connectivity index (χ1) is 15.9. The number of amides is 1. The summed E-state index contributed by atoms with van der Waals surface area (Å²) in [6, 6.07) is 8.11. The van der Waals surface area contributed by atoms with Crippen molar-refractivity contribution in [1.29, 1.82) is 0 Å². The van der Waals surface area contributed by atoms with Crippen LogP contribution in [0.5, 0.6) is 11.5 Å². The van der Waals surface area contributed by atoms with Gasteiger partial charge < -0.3 is 14.4 Å². The number of piperidine rings is 1. The standard InChI is InChI=1S/C23H23Cl2N3O5/c1-32-19-4-3-14(9-20(19)33-2)12-27-22(30)21-17(25)10-15(24)11-18(21)28(23(27)31)16-5-7-26(13-29)8-6-16/h3-4,9-11,13,16H,5-8,12H2,1-2H3. The van der Waals surface area contributed by atoms with Gasteiger partial charge in [0.25, 0.3) is 5.56 Å². The van der Waals surface area contributed by atoms with Gasteiger partial charge in [-0.25, -0.2) is 4.79 Å². The van der Waals surface area contributed by atoms with Gasteiger partial charge in [0.05, 0.1) is 36.7 Å². The van der Waals surface area contributed by atoms with Gasteiger partial charge in [-0.05, 0) is 42.7 Å². The molecule has 0 saturated carbocycles. The van der Waals surface area contributed by atoms with Crippen LogP contribution in [0.3, 0.4) is 0 Å². The third-order valence-electron chi connectivity index (χ3n) is 5.99. The van der Waals surface area contributed by atoms with Crippen LogP contribution in [0.4, 0.5) is 0 Å². The lowest BCUT2D eigenvalue weighted by Gasteiger charge is -2.31. The Balaban J connectivity index is 1.90. The molecule has 0 atom stereocenters. The molecule has 0 N–H and O–H groups in total. The number of hydrogen-bond donors (Lipinski definition) is 0. The van der Waals surface area contributed by atoms with E-state index < -0.39 is 11.2 Å². The molecule has 10 heteroatoms. The third kappa shape index (κ3) is 4.32. The van der Waals surface area contributed by atoms with E-state index in [4.69, 9.17) is 32.7 Å². The smallest absolute Gasteiger partial charge is 0.332 e. The maximum absolute atomic E-state index is 13.7. The van der Waals surface area contributed by atoms with Gasteiger partial charge in [-0.3, -0.25) is 18.7 Å². The van der Waals surface area contributed by atoms with Gasteiger partial charge in [0.15, 0.2) is 11.5 Å². The minimum absolute atomic E-state index is 0.0279. The van der Waals surface area contributed by atoms with Crippen molar-refractivity contribution in [3.63, 3.8) is 0 Å². The molecule has 1 aliphatic heterocycles. The largest absolute Gasteiger partial charge is 0.493 e. The van der Waals surface area contributed by atoms with Crippen molar-refractivity contribution < 1.29 is 14.3 Å². The van der Waals surface area contributed by atoms with E-state index in [1.54, 1.807) is 33.7 Å². The molecule has 0 spiro atoms. The number of likely N-dealkylation sites (tertiary alicyclic amines) is 1. The van der Waals surface area contributed by atoms with Crippen molar-refractivity contribution in [2.24, 2.45) is 0 Å². The first kappa shape index (κ1) is 23.2. The summed E-state index contributed by atoms with van der Waals surface area (Å²) < 4.78 is 13.4. The van der Waals surface area contributed by atoms with Crippen molar-refractivity contribution in [2.45, 2.75) is 25.4 Å². The van der Waals surface area contributed by atoms with Gasteiger partial charge >= 0.3 is 5.69 Å². The molecule has 1 fully saturated rings. The molecule has 0 aliphatic carbocycles. The number of carbonyl (C=O) groups is 1. The summed E-state index contributed by atoms with van der Waals surface area (Å²) in [7, 11) is 3.05. The van der Waals surface area contributed by atoms with E-state index in [9.17, 15) is 14.4 Å². The Kier molecular flexibility index (Phi) is 6.67. The van der Waals surface area contributed by atoms with Gasteiger partial charge in [0.2, 0.25) is 6.41 Å². The van der Waals surface area contributed by atoms with Gasteiger partial charge in [-0.15, -0.1) is 0 Å². The summed E-state index contributed by atoms with van der Waals surface area (Å²) in [4.78, 5) is 39.9. The zero-order valence-electron chi connectivity index (χ0n) is 18.2. The molecule has 4 rings (SSSR count). The summed E-state index contributed by atoms with van der Waals surface area (Å²) in [6.45, 7) is 1.07. The van der Waals surface area contributed by atoms with Crippen LogP contribution in [-0.2, 0) is 11.3 Å². The highest BCUT2D eigenvalue weighted by Gasteiger charge is 2.25. The molecule has 2 heterocycles. The number of hydrogen-bond acceptors (Lipinski definition) is 5. The molecule has 0 radical (unpaired) electrons. The van der Waals surface area contributed by atoms with E-state index in [0.717, 1.165) is 6.41 Å². The molecule has 174 valence electrons. The van der Waals surface area contributed by atoms with Crippen LogP contribution < -0.4 is 20.7 Å². The Morgan fingerprint density at radius 2 is 1.73 bits per heavy atom. The van der Waals surface area contributed by atoms with Gasteiger partial charge in [0, 0.05) is 24.2 Å². The number of ether oxygens (including phenoxy) is 2. The zero-order chi connectivity index (χ0) is 23.7. The maximum Gasteiger partial charge on any atom is 0.332 e. The predicted molar refractivity (Wildman–Crippen MR) is 127 cm³/mol. The summed E-state index contributed by atoms with van der Waals surface area (Å²) in [5, 5.41) is 0.754. The van der Waals surface area contributed by atoms with Crippen LogP contribution >= 0.6 is 23.2 Å². The Bertz CT molecular complexity index is 1330. The Morgan fingerprint density at radius 3 is 2.36 bits per heavy atom. The lowest BCUT2D eigenvalue weighted by Crippen LogP contribution is -2.44. The third-order valence-corrected chi connectivity index (χ3v) is 6.51. The topological polar surface area (TPSA) is 82.8 Å². The second-order valence-electron chi connectivity index (χ2n) is 7.89. The monoisotopic (exact) mass is 491 g/mol. The number of carbonyl (C=O) groups excluding carboxylic acids is 1. The molecule has 2 aromatic carbocycles. The second-order valence-corrected chi connectivity index (χ2v) is 8.73. The van der Waals surface area contributed by atoms with Crippen molar-refractivity contribution in [2.75, 3.05) is 27.3 Å². The second kappa shape index (κ2) is 9.49. The minimum Gasteiger partial charge on any atom is -0.493 e. The molecule has 1 saturated heterocycles. The van der Waals surface area contributed by atoms with Crippen molar-refractivity contribution in [3.05, 3.63) is 66.8 Å². The lowest BCUT2D eigenvalue weighted by atomic mass is 10.0. The molecular weight excluding hydrogens is 469 g/mol. The summed E-state index contributed by atoms with van der Waals surface area (Å²) in [5.74, 6) is 1.04. The van der Waals surface area contributed by atoms with Crippen LogP contribution in [0.15, 0.2) is 39.9 Å². The molecule has 1 aliphatic rings. The van der Waals surface area contributed by atoms with Gasteiger partial charge in [0.1, 0.15) is 0 Å². The van der Waals surface area contributed by atoms with Crippen LogP contribution in [0.1, 0.15) is 24.4 Å². The van der Waals surface area contributed by atoms with Crippen molar-refractivity contribution >= 4 is 40.5 Å². The van der Waals surface area contributed by atoms with Crippen LogP contribution in [0.25, 0.3) is 10.9 Å². The summed E-state index contributed by atoms with van der Waals surface area (Å²) >= 11 is 12.7. The highest BCUT2D eigenvalue weighted by atomic mass is 35.5. The fourth-order valence-corrected chi connectivity index (χ4v) is 4.88. The molecule has 8 nitrogen and oxygen atoms in total. The van der Waals surface area contributed by atoms with E-state index in [2.05, 4.69) is 0 Å². The average Bonchev–Trinajstić information content (AvgIpc) is 2.81. The van der Waals surface area contributed by atoms with Gasteiger partial charge in [-0.2, -0.15) is 0 Å². The highest BCUT2D eigenvalue weighted by Crippen LogP contribution is 2.30. The van der Waals surface area contributed by atoms with Crippen LogP contribution in [-0.4, -0.2) is 47.8 Å². The zero-order valence-corrected chi connectivity index (χ0v) is 19.7. The first-order valence-electron chi connectivity index (χ1n) is 10.4. The number of fused-ring (bicyclic) bond motifs is 1. The van der Waals surface area contributed by atoms with Crippen molar-refractivity contribution in [3.8, 4) is 11.5 Å².